The van der Waals surface area contributed by atoms with Crippen LogP contribution < -0.4 is 11.1 Å². The monoisotopic (exact) mass is 191 g/mol. The van der Waals surface area contributed by atoms with Crippen LogP contribution in [0.5, 0.6) is 0 Å². The Morgan fingerprint density at radius 2 is 2.29 bits per heavy atom. The third-order valence-corrected chi connectivity index (χ3v) is 2.09. The summed E-state index contributed by atoms with van der Waals surface area (Å²) in [7, 11) is 0. The number of nitrogens with two attached hydrogens (primary N) is 1. The number of carbonyl (C=O) groups excluding carboxylic acids is 1. The van der Waals surface area contributed by atoms with E-state index in [1.165, 1.54) is 18.6 Å². The van der Waals surface area contributed by atoms with E-state index < -0.39 is 5.54 Å². The van der Waals surface area contributed by atoms with Gasteiger partial charge in [-0.05, 0) is 6.92 Å². The largest absolute Gasteiger partial charge is 0.370 e. The lowest BCUT2D eigenvalue weighted by molar-refractivity contribution is -0.123. The Kier molecular flexibility index (Phi) is 1.70. The highest BCUT2D eigenvalue weighted by Gasteiger charge is 2.41. The Bertz CT molecular complexity index is 401. The van der Waals surface area contributed by atoms with Gasteiger partial charge in [-0.3, -0.25) is 20.1 Å². The van der Waals surface area contributed by atoms with Crippen LogP contribution in [0.4, 0.5) is 0 Å². The fraction of sp³-hybridized carbons (Fsp3) is 0.250. The smallest absolute Gasteiger partial charge is 0.260 e. The van der Waals surface area contributed by atoms with Crippen molar-refractivity contribution in [3.8, 4) is 0 Å². The van der Waals surface area contributed by atoms with Crippen molar-refractivity contribution in [2.24, 2.45) is 10.7 Å². The van der Waals surface area contributed by atoms with E-state index in [2.05, 4.69) is 20.3 Å². The van der Waals surface area contributed by atoms with Crippen LogP contribution in [-0.4, -0.2) is 21.8 Å². The first-order valence-corrected chi connectivity index (χ1v) is 4.06. The van der Waals surface area contributed by atoms with E-state index in [0.717, 1.165) is 0 Å². The van der Waals surface area contributed by atoms with Crippen LogP contribution in [0, 0.1) is 0 Å². The normalized spacial score (nSPS) is 25.8. The molecule has 1 atom stereocenters. The van der Waals surface area contributed by atoms with Gasteiger partial charge in [0.1, 0.15) is 0 Å². The predicted molar refractivity (Wildman–Crippen MR) is 49.1 cm³/mol. The van der Waals surface area contributed by atoms with E-state index in [9.17, 15) is 4.79 Å². The highest BCUT2D eigenvalue weighted by atomic mass is 16.2. The van der Waals surface area contributed by atoms with Crippen molar-refractivity contribution in [2.75, 3.05) is 0 Å². The molecule has 0 radical (unpaired) electrons. The second-order valence-electron chi connectivity index (χ2n) is 3.11. The molecule has 1 aromatic rings. The summed E-state index contributed by atoms with van der Waals surface area (Å²) < 4.78 is 0. The van der Waals surface area contributed by atoms with Gasteiger partial charge >= 0.3 is 0 Å². The maximum Gasteiger partial charge on any atom is 0.260 e. The van der Waals surface area contributed by atoms with Gasteiger partial charge in [0.15, 0.2) is 11.5 Å². The number of hydrogen-bond acceptors (Lipinski definition) is 5. The van der Waals surface area contributed by atoms with Gasteiger partial charge in [-0.2, -0.15) is 0 Å². The topological polar surface area (TPSA) is 93.3 Å². The number of aromatic nitrogens is 2. The summed E-state index contributed by atoms with van der Waals surface area (Å²) >= 11 is 0. The van der Waals surface area contributed by atoms with E-state index in [1.54, 1.807) is 6.92 Å². The molecular weight excluding hydrogens is 182 g/mol. The van der Waals surface area contributed by atoms with Gasteiger partial charge in [0.2, 0.25) is 0 Å². The molecule has 6 nitrogen and oxygen atoms in total. The van der Waals surface area contributed by atoms with Gasteiger partial charge in [-0.15, -0.1) is 0 Å². The summed E-state index contributed by atoms with van der Waals surface area (Å²) in [5.74, 6) is -0.168. The number of guanidine groups is 1. The lowest BCUT2D eigenvalue weighted by Crippen LogP contribution is -2.37. The summed E-state index contributed by atoms with van der Waals surface area (Å²) in [6, 6.07) is 0. The molecule has 1 aromatic heterocycles. The summed E-state index contributed by atoms with van der Waals surface area (Å²) in [6.07, 6.45) is 4.55. The third-order valence-electron chi connectivity index (χ3n) is 2.09. The summed E-state index contributed by atoms with van der Waals surface area (Å²) in [6.45, 7) is 1.65. The molecule has 2 rings (SSSR count). The van der Waals surface area contributed by atoms with Crippen molar-refractivity contribution in [1.82, 2.24) is 15.3 Å². The van der Waals surface area contributed by atoms with E-state index in [-0.39, 0.29) is 11.9 Å². The second kappa shape index (κ2) is 2.76. The molecule has 0 aromatic carbocycles. The SMILES string of the molecule is CC1(c2cnccn2)N=C(N)NC1=O. The molecule has 1 amide bonds. The van der Waals surface area contributed by atoms with Crippen molar-refractivity contribution in [3.63, 3.8) is 0 Å². The summed E-state index contributed by atoms with van der Waals surface area (Å²) in [4.78, 5) is 23.4. The number of amides is 1. The number of carbonyl (C=O) groups is 1. The number of nitrogens with one attached hydrogen (secondary N) is 1. The third kappa shape index (κ3) is 1.12. The van der Waals surface area contributed by atoms with Crippen LogP contribution in [0.2, 0.25) is 0 Å². The summed E-state index contributed by atoms with van der Waals surface area (Å²) in [5.41, 5.74) is 4.85. The fourth-order valence-corrected chi connectivity index (χ4v) is 1.28. The fourth-order valence-electron chi connectivity index (χ4n) is 1.28. The Labute approximate surface area is 80.3 Å². The molecule has 3 N–H and O–H groups in total. The molecule has 2 heterocycles. The lowest BCUT2D eigenvalue weighted by atomic mass is 9.99. The van der Waals surface area contributed by atoms with Gasteiger partial charge in [0.25, 0.3) is 5.91 Å². The molecule has 0 saturated carbocycles. The Hall–Kier alpha value is -1.98. The van der Waals surface area contributed by atoms with Crippen LogP contribution in [0.3, 0.4) is 0 Å². The van der Waals surface area contributed by atoms with E-state index in [0.29, 0.717) is 5.69 Å². The zero-order valence-electron chi connectivity index (χ0n) is 7.56. The maximum atomic E-state index is 11.5. The van der Waals surface area contributed by atoms with Crippen LogP contribution in [-0.2, 0) is 10.3 Å². The van der Waals surface area contributed by atoms with Gasteiger partial charge in [-0.1, -0.05) is 0 Å². The summed E-state index contributed by atoms with van der Waals surface area (Å²) in [5, 5.41) is 2.43. The Morgan fingerprint density at radius 3 is 2.79 bits per heavy atom. The van der Waals surface area contributed by atoms with Crippen molar-refractivity contribution < 1.29 is 4.79 Å². The predicted octanol–water partition coefficient (Wildman–Crippen LogP) is -0.864. The minimum absolute atomic E-state index is 0.114. The number of rotatable bonds is 1. The molecule has 0 bridgehead atoms. The van der Waals surface area contributed by atoms with Gasteiger partial charge in [-0.25, -0.2) is 4.99 Å². The number of nitrogens with zero attached hydrogens (tertiary/aromatic N) is 3. The van der Waals surface area contributed by atoms with E-state index in [1.807, 2.05) is 0 Å². The number of hydrogen-bond donors (Lipinski definition) is 2. The first-order chi connectivity index (χ1) is 6.63. The van der Waals surface area contributed by atoms with Crippen molar-refractivity contribution in [3.05, 3.63) is 24.3 Å². The zero-order chi connectivity index (χ0) is 10.2. The van der Waals surface area contributed by atoms with E-state index >= 15 is 0 Å². The minimum Gasteiger partial charge on any atom is -0.370 e. The average molecular weight is 191 g/mol. The zero-order valence-corrected chi connectivity index (χ0v) is 7.56. The molecule has 1 unspecified atom stereocenters. The van der Waals surface area contributed by atoms with Crippen LogP contribution >= 0.6 is 0 Å². The molecule has 6 heteroatoms. The Morgan fingerprint density at radius 1 is 1.50 bits per heavy atom. The van der Waals surface area contributed by atoms with Crippen molar-refractivity contribution >= 4 is 11.9 Å². The first-order valence-electron chi connectivity index (χ1n) is 4.06. The van der Waals surface area contributed by atoms with E-state index in [4.69, 9.17) is 5.73 Å². The lowest BCUT2D eigenvalue weighted by Gasteiger charge is -2.15. The molecule has 0 fully saturated rings. The number of aliphatic imine (C=N–C) groups is 1. The Balaban J connectivity index is 2.48. The van der Waals surface area contributed by atoms with Gasteiger partial charge in [0.05, 0.1) is 11.9 Å². The molecule has 0 spiro atoms. The first kappa shape index (κ1) is 8.61. The molecule has 1 aliphatic rings. The standard InChI is InChI=1S/C8H9N5O/c1-8(5-4-10-2-3-11-5)6(14)12-7(9)13-8/h2-4H,1H3,(H3,9,12,13,14). The second-order valence-corrected chi connectivity index (χ2v) is 3.11. The van der Waals surface area contributed by atoms with Crippen LogP contribution in [0.15, 0.2) is 23.6 Å². The van der Waals surface area contributed by atoms with Crippen LogP contribution in [0.25, 0.3) is 0 Å². The van der Waals surface area contributed by atoms with Gasteiger partial charge < -0.3 is 5.73 Å². The maximum absolute atomic E-state index is 11.5. The molecule has 72 valence electrons. The van der Waals surface area contributed by atoms with Gasteiger partial charge in [0, 0.05) is 12.4 Å². The highest BCUT2D eigenvalue weighted by Crippen LogP contribution is 2.25. The quantitative estimate of drug-likeness (QED) is 0.603. The molecule has 14 heavy (non-hydrogen) atoms. The molecule has 1 aliphatic heterocycles. The van der Waals surface area contributed by atoms with Crippen molar-refractivity contribution in [2.45, 2.75) is 12.5 Å². The van der Waals surface area contributed by atoms with Crippen molar-refractivity contribution in [1.29, 1.82) is 0 Å². The highest BCUT2D eigenvalue weighted by molar-refractivity contribution is 6.06. The molecule has 0 aliphatic carbocycles. The molecular formula is C8H9N5O. The average Bonchev–Trinajstić information content (AvgIpc) is 2.43. The minimum atomic E-state index is -1.04. The van der Waals surface area contributed by atoms with Crippen LogP contribution in [0.1, 0.15) is 12.6 Å². The molecule has 0 saturated heterocycles.